The van der Waals surface area contributed by atoms with Crippen molar-refractivity contribution < 1.29 is 22.0 Å². The van der Waals surface area contributed by atoms with E-state index in [2.05, 4.69) is 4.98 Å². The van der Waals surface area contributed by atoms with Crippen molar-refractivity contribution >= 4 is 11.9 Å². The first-order chi connectivity index (χ1) is 31.2. The third kappa shape index (κ3) is 10.3. The number of hydrogen-bond donors (Lipinski definition) is 2. The lowest BCUT2D eigenvalue weighted by atomic mass is 9.99. The predicted octanol–water partition coefficient (Wildman–Crippen LogP) is 7.55. The molecule has 0 amide bonds. The molecule has 2 aromatic heterocycles. The van der Waals surface area contributed by atoms with Crippen LogP contribution in [0.2, 0.25) is 0 Å². The van der Waals surface area contributed by atoms with Crippen LogP contribution in [-0.4, -0.2) is 57.4 Å². The third-order valence-corrected chi connectivity index (χ3v) is 11.2. The van der Waals surface area contributed by atoms with E-state index in [4.69, 9.17) is 27.0 Å². The maximum atomic E-state index is 14.4. The molecule has 0 unspecified atom stereocenters. The molecule has 6 aromatic rings. The number of hydrogen-bond acceptors (Lipinski definition) is 10. The van der Waals surface area contributed by atoms with Gasteiger partial charge >= 0.3 is 0 Å². The first-order valence-corrected chi connectivity index (χ1v) is 21.0. The smallest absolute Gasteiger partial charge is 0.263 e. The van der Waals surface area contributed by atoms with E-state index in [0.717, 1.165) is 31.0 Å². The summed E-state index contributed by atoms with van der Waals surface area (Å²) in [6.07, 6.45) is 2.96. The van der Waals surface area contributed by atoms with E-state index < -0.39 is 34.6 Å². The summed E-state index contributed by atoms with van der Waals surface area (Å²) in [6, 6.07) is 20.0. The molecule has 0 spiro atoms. The number of nitriles is 2. The predicted molar refractivity (Wildman–Crippen MR) is 240 cm³/mol. The molecule has 4 aromatic carbocycles. The normalized spacial score (nSPS) is 14.1. The Kier molecular flexibility index (Phi) is 14.9. The van der Waals surface area contributed by atoms with Crippen molar-refractivity contribution in [1.29, 1.82) is 10.5 Å². The summed E-state index contributed by atoms with van der Waals surface area (Å²) < 4.78 is 73.4. The van der Waals surface area contributed by atoms with E-state index in [1.807, 2.05) is 23.6 Å². The molecule has 0 radical (unpaired) electrons. The molecule has 336 valence electrons. The van der Waals surface area contributed by atoms with E-state index >= 15 is 0 Å². The van der Waals surface area contributed by atoms with Gasteiger partial charge in [-0.25, -0.2) is 31.9 Å². The fourth-order valence-electron chi connectivity index (χ4n) is 7.73. The summed E-state index contributed by atoms with van der Waals surface area (Å²) in [4.78, 5) is 40.1. The van der Waals surface area contributed by atoms with Crippen molar-refractivity contribution in [3.05, 3.63) is 140 Å². The Morgan fingerprint density at radius 3 is 1.34 bits per heavy atom. The molecule has 0 atom stereocenters. The average molecular weight is 891 g/mol. The summed E-state index contributed by atoms with van der Waals surface area (Å²) in [7, 11) is 3.15. The maximum absolute atomic E-state index is 14.4. The van der Waals surface area contributed by atoms with Crippen molar-refractivity contribution in [3.63, 3.8) is 0 Å². The first kappa shape index (κ1) is 47.3. The van der Waals surface area contributed by atoms with Gasteiger partial charge in [0, 0.05) is 69.6 Å². The highest BCUT2D eigenvalue weighted by Gasteiger charge is 2.27. The van der Waals surface area contributed by atoms with Crippen LogP contribution in [0.4, 0.5) is 33.8 Å². The van der Waals surface area contributed by atoms with Crippen LogP contribution >= 0.6 is 0 Å². The van der Waals surface area contributed by atoms with E-state index in [1.165, 1.54) is 58.6 Å². The molecule has 12 nitrogen and oxygen atoms in total. The molecule has 2 aliphatic rings. The molecule has 4 N–H and O–H groups in total. The van der Waals surface area contributed by atoms with Crippen molar-refractivity contribution in [2.45, 2.75) is 51.6 Å². The Morgan fingerprint density at radius 2 is 0.954 bits per heavy atom. The molecule has 65 heavy (non-hydrogen) atoms. The van der Waals surface area contributed by atoms with Crippen LogP contribution in [0.15, 0.2) is 88.5 Å². The Labute approximate surface area is 372 Å². The number of benzene rings is 4. The van der Waals surface area contributed by atoms with Crippen molar-refractivity contribution in [1.82, 2.24) is 19.1 Å². The Bertz CT molecular complexity index is 2910. The summed E-state index contributed by atoms with van der Waals surface area (Å²) in [5, 5.41) is 18.1. The highest BCUT2D eigenvalue weighted by atomic mass is 19.1. The molecule has 8 rings (SSSR count). The first-order valence-electron chi connectivity index (χ1n) is 21.0. The number of rotatable bonds is 6. The van der Waals surface area contributed by atoms with Gasteiger partial charge < -0.3 is 21.3 Å². The van der Waals surface area contributed by atoms with Crippen molar-refractivity contribution in [3.8, 4) is 56.9 Å². The van der Waals surface area contributed by atoms with Crippen LogP contribution in [0.5, 0.6) is 0 Å². The molecule has 0 bridgehead atoms. The van der Waals surface area contributed by atoms with Gasteiger partial charge in [-0.05, 0) is 85.3 Å². The van der Waals surface area contributed by atoms with Gasteiger partial charge in [-0.2, -0.15) is 10.5 Å². The Hall–Kier alpha value is -7.21. The van der Waals surface area contributed by atoms with Gasteiger partial charge in [-0.15, -0.1) is 0 Å². The highest BCUT2D eigenvalue weighted by Crippen LogP contribution is 2.34. The van der Waals surface area contributed by atoms with Gasteiger partial charge in [0.1, 0.15) is 41.2 Å². The second-order valence-corrected chi connectivity index (χ2v) is 15.4. The SMILES string of the molecule is CC.Cn1c(N2CCC(N)CC2)nc(-c2ccc(C#N)c(F)c2)c(-c2cc(F)cc(F)c2)c1=O.Cn1c(N2CCC(N)CC2)nc(-c2ccc(C#N)c(F)c2)c(-c2cccc(F)c2)c1=O. The summed E-state index contributed by atoms with van der Waals surface area (Å²) in [5.74, 6) is -2.90. The average Bonchev–Trinajstić information content (AvgIpc) is 3.29. The monoisotopic (exact) mass is 890 g/mol. The Balaban J connectivity index is 0.000000208. The van der Waals surface area contributed by atoms with Gasteiger partial charge in [0.2, 0.25) is 11.9 Å². The zero-order valence-electron chi connectivity index (χ0n) is 36.3. The molecular weight excluding hydrogens is 844 g/mol. The molecule has 2 saturated heterocycles. The minimum atomic E-state index is -0.854. The minimum absolute atomic E-state index is 0.0115. The van der Waals surface area contributed by atoms with Crippen LogP contribution in [-0.2, 0) is 14.1 Å². The van der Waals surface area contributed by atoms with Crippen LogP contribution in [0.1, 0.15) is 50.7 Å². The molecule has 2 aliphatic heterocycles. The van der Waals surface area contributed by atoms with Crippen LogP contribution in [0.3, 0.4) is 0 Å². The van der Waals surface area contributed by atoms with Crippen LogP contribution in [0, 0.1) is 51.7 Å². The number of nitrogens with zero attached hydrogens (tertiary/aromatic N) is 8. The lowest BCUT2D eigenvalue weighted by Crippen LogP contribution is -2.42. The van der Waals surface area contributed by atoms with Gasteiger partial charge in [0.25, 0.3) is 11.1 Å². The summed E-state index contributed by atoms with van der Waals surface area (Å²) in [5.41, 5.74) is 12.1. The quantitative estimate of drug-likeness (QED) is 0.159. The highest BCUT2D eigenvalue weighted by molar-refractivity contribution is 5.82. The molecule has 4 heterocycles. The fourth-order valence-corrected chi connectivity index (χ4v) is 7.73. The van der Waals surface area contributed by atoms with Gasteiger partial charge in [0.05, 0.1) is 33.6 Å². The molecule has 0 aliphatic carbocycles. The molecule has 17 heteroatoms. The van der Waals surface area contributed by atoms with Crippen LogP contribution < -0.4 is 32.4 Å². The van der Waals surface area contributed by atoms with Gasteiger partial charge in [0.15, 0.2) is 0 Å². The fraction of sp³-hybridized carbons (Fsp3) is 0.292. The Morgan fingerprint density at radius 1 is 0.554 bits per heavy atom. The number of halogens is 5. The van der Waals surface area contributed by atoms with Gasteiger partial charge in [-0.1, -0.05) is 38.1 Å². The summed E-state index contributed by atoms with van der Waals surface area (Å²) >= 11 is 0. The summed E-state index contributed by atoms with van der Waals surface area (Å²) in [6.45, 7) is 6.44. The van der Waals surface area contributed by atoms with E-state index in [0.29, 0.717) is 68.1 Å². The lowest BCUT2D eigenvalue weighted by molar-refractivity contribution is 0.490. The number of nitrogens with two attached hydrogens (primary N) is 2. The zero-order chi connectivity index (χ0) is 47.1. The van der Waals surface area contributed by atoms with Crippen molar-refractivity contribution in [2.24, 2.45) is 25.6 Å². The maximum Gasteiger partial charge on any atom is 0.263 e. The van der Waals surface area contributed by atoms with Crippen molar-refractivity contribution in [2.75, 3.05) is 36.0 Å². The lowest BCUT2D eigenvalue weighted by Gasteiger charge is -2.32. The van der Waals surface area contributed by atoms with E-state index in [9.17, 15) is 31.5 Å². The topological polar surface area (TPSA) is 176 Å². The zero-order valence-corrected chi connectivity index (χ0v) is 36.3. The molecule has 2 fully saturated rings. The number of anilines is 2. The van der Waals surface area contributed by atoms with E-state index in [-0.39, 0.29) is 62.4 Å². The standard InChI is InChI=1S/C23H20F3N5O.C23H21F2N5O.C2H6/c1-30-22(32)20(15-8-16(24)11-17(25)9-15)21(13-2-3-14(12-27)19(26)10-13)29-23(30)31-6-4-18(28)5-7-31;1-29-22(31)20(14-3-2-4-17(24)11-14)21(15-5-6-16(13-26)19(25)12-15)28-23(29)30-9-7-18(27)8-10-30;1-2/h2-3,8-11,18H,4-7,28H2,1H3;2-6,11-12,18H,7-10,27H2,1H3;1-2H3. The minimum Gasteiger partial charge on any atom is -0.342 e. The second kappa shape index (κ2) is 20.5. The van der Waals surface area contributed by atoms with Crippen LogP contribution in [0.25, 0.3) is 44.8 Å². The van der Waals surface area contributed by atoms with Gasteiger partial charge in [-0.3, -0.25) is 18.7 Å². The second-order valence-electron chi connectivity index (χ2n) is 15.4. The van der Waals surface area contributed by atoms with E-state index in [1.54, 1.807) is 31.3 Å². The largest absolute Gasteiger partial charge is 0.342 e. The third-order valence-electron chi connectivity index (χ3n) is 11.2. The number of aromatic nitrogens is 4. The molecule has 0 saturated carbocycles. The molecular formula is C48H47F5N10O2. The number of piperidine rings is 2.